The fraction of sp³-hybridized carbons (Fsp3) is 0.946. The maximum atomic E-state index is 12.6. The number of carbonyl (C=O) groups excluding carboxylic acids is 6. The number of hydrogen-bond acceptors (Lipinski definition) is 16. The van der Waals surface area contributed by atoms with Crippen molar-refractivity contribution in [3.63, 3.8) is 0 Å². The van der Waals surface area contributed by atoms with Crippen molar-refractivity contribution < 1.29 is 77.6 Å². The SMILES string of the molecule is C.C.C.C.C.C.CC1C(C)C2CC1C1C3CC(O)C(C3)C21.CC1C2CC(C(=O)OCCO)C(C2)C1C.CC1CC2CC1C1C3CC(C(C)C3C)C21.CCC(C)(C)C(=O)OC(C)(C)C12CC3CC(CC(C3)C1)C2.CCC(C)(C)C(=O)OC12CC3CC(CC(O)(C3)C1)C2.CCC(C)(C)C(=O)OC1C2CC3C(=O)OC1C3C2.CCC(C)C(=O)OC12CC3CC(CC(O)(C3)C1)C2. The molecule has 24 aliphatic carbocycles. The lowest BCUT2D eigenvalue weighted by atomic mass is 9.46. The highest BCUT2D eigenvalue weighted by Crippen LogP contribution is 2.74. The van der Waals surface area contributed by atoms with Crippen molar-refractivity contribution in [2.75, 3.05) is 13.2 Å². The number of fused-ring (bicyclic) bond motifs is 21. The Hall–Kier alpha value is -3.34. The number of aliphatic hydroxyl groups is 4. The Morgan fingerprint density at radius 3 is 1.31 bits per heavy atom. The number of carbonyl (C=O) groups is 6. The molecule has 16 heteroatoms. The minimum absolute atomic E-state index is 0. The van der Waals surface area contributed by atoms with Crippen LogP contribution in [-0.4, -0.2) is 116 Å². The average Bonchev–Trinajstić information content (AvgIpc) is 1.55. The van der Waals surface area contributed by atoms with E-state index in [2.05, 4.69) is 69.2 Å². The summed E-state index contributed by atoms with van der Waals surface area (Å²) in [6, 6.07) is 0. The Balaban J connectivity index is 0.000000154. The normalized spacial score (nSPS) is 47.2. The fourth-order valence-corrected chi connectivity index (χ4v) is 34.6. The van der Waals surface area contributed by atoms with Crippen molar-refractivity contribution in [3.05, 3.63) is 0 Å². The Morgan fingerprint density at radius 2 is 0.858 bits per heavy atom. The van der Waals surface area contributed by atoms with Crippen molar-refractivity contribution in [2.45, 2.75) is 435 Å². The predicted molar refractivity (Wildman–Crippen MR) is 507 cm³/mol. The molecule has 0 amide bonds. The first-order chi connectivity index (χ1) is 56.8. The Morgan fingerprint density at radius 1 is 0.441 bits per heavy atom. The largest absolute Gasteiger partial charge is 0.463 e. The molecule has 1 heterocycles. The topological polar surface area (TPSA) is 239 Å². The maximum absolute atomic E-state index is 12.6. The number of ether oxygens (including phenoxy) is 6. The van der Waals surface area contributed by atoms with E-state index in [1.807, 2.05) is 69.2 Å². The number of esters is 6. The van der Waals surface area contributed by atoms with Crippen LogP contribution in [0.15, 0.2) is 0 Å². The first-order valence-corrected chi connectivity index (χ1v) is 50.8. The summed E-state index contributed by atoms with van der Waals surface area (Å²) in [5.41, 5.74) is -3.08. The van der Waals surface area contributed by atoms with Gasteiger partial charge in [0, 0.05) is 30.1 Å². The molecule has 33 atom stereocenters. The van der Waals surface area contributed by atoms with Gasteiger partial charge in [0.2, 0.25) is 0 Å². The van der Waals surface area contributed by atoms with E-state index < -0.39 is 22.0 Å². The van der Waals surface area contributed by atoms with Crippen molar-refractivity contribution >= 4 is 35.8 Å². The van der Waals surface area contributed by atoms with Crippen LogP contribution >= 0.6 is 0 Å². The number of hydrogen-bond donors (Lipinski definition) is 4. The van der Waals surface area contributed by atoms with Gasteiger partial charge in [0.05, 0.1) is 57.9 Å². The average molecular weight is 1780 g/mol. The van der Waals surface area contributed by atoms with Gasteiger partial charge in [-0.2, -0.15) is 0 Å². The zero-order valence-corrected chi connectivity index (χ0v) is 79.0. The molecule has 0 aromatic rings. The van der Waals surface area contributed by atoms with Gasteiger partial charge in [-0.25, -0.2) is 0 Å². The molecule has 127 heavy (non-hydrogen) atoms. The standard InChI is InChI=1S/C19H32O2.C16H26O3.C15H24O3.C15H24.C14H20O4.C14H22O.C12H20O3.6CH4/c1-6-17(2,3)16(20)21-18(4,5)19-10-13-7-14(11-19)9-15(8-13)12-19;1-4-14(2,3)13(17)19-16-8-11-5-12(9-16)7-15(18,6-11)10-16;1-3-10(2)13(16)18-15-7-11-4-12(8-15)6-14(17,5-11)9-15;1-7-4-10-5-11(7)15-13-6-12(14(10)15)8(2)9(13)3;1-4-14(2,3)13(16)18-10-7-5-8-9(6-7)12(15)17-11(8)10;1-6-7(2)10-5-9(6)13-8-3-11(14(10)13)12(15)4-8;1-7-8(2)10-5-9(7)6-11(10)12(14)15-4-3-13;;;;;;/h13-15H,6-12H2,1-5H3;11-12,18H,4-10H2,1-3H3;10-12,17H,3-9H2,1-2H3;7-15H,4-6H2,1-3H3;7-11H,4-6H2,1-3H3;6-15H,3-5H2,1-2H3;7-11,13H,3-6H2,1-2H3;6*1H4. The van der Waals surface area contributed by atoms with Crippen LogP contribution in [-0.2, 0) is 57.2 Å². The van der Waals surface area contributed by atoms with Crippen molar-refractivity contribution in [1.29, 1.82) is 0 Å². The summed E-state index contributed by atoms with van der Waals surface area (Å²) in [6.45, 7) is 43.3. The van der Waals surface area contributed by atoms with Gasteiger partial charge < -0.3 is 48.8 Å². The van der Waals surface area contributed by atoms with Crippen molar-refractivity contribution in [3.8, 4) is 0 Å². The van der Waals surface area contributed by atoms with Gasteiger partial charge >= 0.3 is 35.8 Å². The van der Waals surface area contributed by atoms with Crippen LogP contribution in [0, 0.1) is 217 Å². The summed E-state index contributed by atoms with van der Waals surface area (Å²) in [5, 5.41) is 39.9. The molecule has 1 saturated heterocycles. The fourth-order valence-electron chi connectivity index (χ4n) is 34.6. The van der Waals surface area contributed by atoms with E-state index in [0.717, 1.165) is 215 Å². The summed E-state index contributed by atoms with van der Waals surface area (Å²) >= 11 is 0. The van der Waals surface area contributed by atoms with Gasteiger partial charge in [-0.05, 0) is 414 Å². The van der Waals surface area contributed by atoms with Crippen molar-refractivity contribution in [2.24, 2.45) is 217 Å². The van der Waals surface area contributed by atoms with E-state index in [9.17, 15) is 44.1 Å². The highest BCUT2D eigenvalue weighted by atomic mass is 16.6. The van der Waals surface area contributed by atoms with Crippen LogP contribution in [0.2, 0.25) is 0 Å². The molecule has 25 rings (SSSR count). The molecule has 0 radical (unpaired) electrons. The van der Waals surface area contributed by atoms with Gasteiger partial charge in [-0.1, -0.05) is 128 Å². The van der Waals surface area contributed by atoms with E-state index in [1.165, 1.54) is 82.5 Å². The highest BCUT2D eigenvalue weighted by Gasteiger charge is 2.70. The van der Waals surface area contributed by atoms with Crippen LogP contribution in [0.25, 0.3) is 0 Å². The monoisotopic (exact) mass is 1780 g/mol. The molecular formula is C111H192O16. The van der Waals surface area contributed by atoms with Crippen LogP contribution in [0.4, 0.5) is 0 Å². The third-order valence-corrected chi connectivity index (χ3v) is 41.7. The molecule has 0 aromatic heterocycles. The van der Waals surface area contributed by atoms with E-state index in [-0.39, 0.29) is 157 Å². The van der Waals surface area contributed by atoms with Crippen molar-refractivity contribution in [1.82, 2.24) is 0 Å². The maximum Gasteiger partial charge on any atom is 0.312 e. The first-order valence-electron chi connectivity index (χ1n) is 50.8. The lowest BCUT2D eigenvalue weighted by Crippen LogP contribution is -2.61. The molecule has 25 fully saturated rings. The van der Waals surface area contributed by atoms with Gasteiger partial charge in [-0.15, -0.1) is 0 Å². The van der Waals surface area contributed by atoms with Gasteiger partial charge in [0.25, 0.3) is 0 Å². The molecule has 24 bridgehead atoms. The predicted octanol–water partition coefficient (Wildman–Crippen LogP) is 24.2. The molecule has 24 saturated carbocycles. The summed E-state index contributed by atoms with van der Waals surface area (Å²) < 4.78 is 34.1. The Labute approximate surface area is 774 Å². The molecule has 16 nitrogen and oxygen atoms in total. The highest BCUT2D eigenvalue weighted by molar-refractivity contribution is 5.79. The second-order valence-corrected chi connectivity index (χ2v) is 50.3. The Bertz CT molecular complexity index is 3650. The van der Waals surface area contributed by atoms with E-state index >= 15 is 0 Å². The summed E-state index contributed by atoms with van der Waals surface area (Å²) in [5.74, 6) is 25.4. The molecule has 25 aliphatic rings. The summed E-state index contributed by atoms with van der Waals surface area (Å²) in [6.07, 6.45) is 35.2. The third-order valence-electron chi connectivity index (χ3n) is 41.7. The number of aliphatic hydroxyl groups excluding tert-OH is 2. The molecular weight excluding hydrogens is 1590 g/mol. The second-order valence-electron chi connectivity index (χ2n) is 50.3. The third kappa shape index (κ3) is 19.2. The van der Waals surface area contributed by atoms with Crippen LogP contribution in [0.3, 0.4) is 0 Å². The van der Waals surface area contributed by atoms with E-state index in [4.69, 9.17) is 33.5 Å². The first kappa shape index (κ1) is 106. The molecule has 732 valence electrons. The van der Waals surface area contributed by atoms with Gasteiger partial charge in [0.1, 0.15) is 35.6 Å². The smallest absolute Gasteiger partial charge is 0.312 e. The van der Waals surface area contributed by atoms with Gasteiger partial charge in [0.15, 0.2) is 0 Å². The molecule has 4 N–H and O–H groups in total. The lowest BCUT2D eigenvalue weighted by Gasteiger charge is -2.61. The molecule has 0 aromatic carbocycles. The molecule has 0 spiro atoms. The summed E-state index contributed by atoms with van der Waals surface area (Å²) in [7, 11) is 0. The molecule has 33 unspecified atom stereocenters. The van der Waals surface area contributed by atoms with Crippen LogP contribution in [0.5, 0.6) is 0 Å². The van der Waals surface area contributed by atoms with E-state index in [1.54, 1.807) is 19.3 Å². The van der Waals surface area contributed by atoms with E-state index in [0.29, 0.717) is 66.1 Å². The minimum Gasteiger partial charge on any atom is -0.463 e. The second kappa shape index (κ2) is 38.7. The zero-order chi connectivity index (χ0) is 87.0. The van der Waals surface area contributed by atoms with Crippen LogP contribution in [0.1, 0.15) is 389 Å². The van der Waals surface area contributed by atoms with Crippen LogP contribution < -0.4 is 0 Å². The van der Waals surface area contributed by atoms with Gasteiger partial charge in [-0.3, -0.25) is 28.8 Å². The zero-order valence-electron chi connectivity index (χ0n) is 79.0. The quantitative estimate of drug-likeness (QED) is 0.0638. The summed E-state index contributed by atoms with van der Waals surface area (Å²) in [4.78, 5) is 72.5. The minimum atomic E-state index is -0.555. The molecule has 1 aliphatic heterocycles. The lowest BCUT2D eigenvalue weighted by molar-refractivity contribution is -0.225. The Kier molecular flexibility index (Phi) is 32.2. The number of rotatable bonds is 16.